The van der Waals surface area contributed by atoms with Crippen molar-refractivity contribution in [2.24, 2.45) is 11.7 Å². The number of hydrogen-bond donors (Lipinski definition) is 2. The quantitative estimate of drug-likeness (QED) is 0.625. The summed E-state index contributed by atoms with van der Waals surface area (Å²) in [5.74, 6) is -0.357. The summed E-state index contributed by atoms with van der Waals surface area (Å²) in [5, 5.41) is 8.76. The van der Waals surface area contributed by atoms with Crippen molar-refractivity contribution in [1.82, 2.24) is 4.90 Å². The van der Waals surface area contributed by atoms with Gasteiger partial charge in [0.2, 0.25) is 5.91 Å². The number of nitrogens with zero attached hydrogens (tertiary/aromatic N) is 1. The van der Waals surface area contributed by atoms with Crippen molar-refractivity contribution in [1.29, 1.82) is 0 Å². The second-order valence-corrected chi connectivity index (χ2v) is 4.21. The molecule has 0 aromatic heterocycles. The van der Waals surface area contributed by atoms with Crippen LogP contribution in [0.25, 0.3) is 0 Å². The van der Waals surface area contributed by atoms with Crippen LogP contribution in [0, 0.1) is 5.92 Å². The van der Waals surface area contributed by atoms with E-state index in [2.05, 4.69) is 0 Å². The van der Waals surface area contributed by atoms with Crippen LogP contribution >= 0.6 is 12.2 Å². The van der Waals surface area contributed by atoms with Crippen molar-refractivity contribution in [2.45, 2.75) is 33.1 Å². The maximum Gasteiger partial charge on any atom is 0.232 e. The average molecular weight is 246 g/mol. The number of carbonyl (C=O) groups is 1. The van der Waals surface area contributed by atoms with Crippen molar-refractivity contribution >= 4 is 23.1 Å². The first-order valence-electron chi connectivity index (χ1n) is 5.77. The second kappa shape index (κ2) is 8.47. The minimum Gasteiger partial charge on any atom is -0.396 e. The third-order valence-electron chi connectivity index (χ3n) is 2.50. The predicted octanol–water partition coefficient (Wildman–Crippen LogP) is 0.920. The fourth-order valence-electron chi connectivity index (χ4n) is 1.58. The zero-order valence-electron chi connectivity index (χ0n) is 10.1. The molecule has 4 nitrogen and oxygen atoms in total. The largest absolute Gasteiger partial charge is 0.396 e. The molecule has 0 heterocycles. The molecule has 0 aliphatic rings. The maximum atomic E-state index is 12.1. The van der Waals surface area contributed by atoms with Gasteiger partial charge in [0, 0.05) is 19.7 Å². The molecule has 1 atom stereocenters. The van der Waals surface area contributed by atoms with Crippen LogP contribution < -0.4 is 5.73 Å². The SMILES string of the molecule is CCCC(C(=O)N(CC)CCCO)C(N)=S. The van der Waals surface area contributed by atoms with Gasteiger partial charge in [0.15, 0.2) is 0 Å². The molecule has 0 fully saturated rings. The van der Waals surface area contributed by atoms with E-state index in [1.165, 1.54) is 0 Å². The monoisotopic (exact) mass is 246 g/mol. The highest BCUT2D eigenvalue weighted by atomic mass is 32.1. The molecule has 0 bridgehead atoms. The van der Waals surface area contributed by atoms with Crippen LogP contribution in [0.5, 0.6) is 0 Å². The van der Waals surface area contributed by atoms with Crippen LogP contribution in [0.1, 0.15) is 33.1 Å². The lowest BCUT2D eigenvalue weighted by Gasteiger charge is -2.25. The number of aliphatic hydroxyl groups excluding tert-OH is 1. The number of amides is 1. The highest BCUT2D eigenvalue weighted by Crippen LogP contribution is 2.11. The van der Waals surface area contributed by atoms with Gasteiger partial charge in [-0.15, -0.1) is 0 Å². The Bertz CT molecular complexity index is 234. The average Bonchev–Trinajstić information content (AvgIpc) is 2.26. The molecule has 0 saturated carbocycles. The molecule has 16 heavy (non-hydrogen) atoms. The van der Waals surface area contributed by atoms with Crippen molar-refractivity contribution in [3.05, 3.63) is 0 Å². The molecular formula is C11H22N2O2S. The first-order chi connectivity index (χ1) is 7.58. The van der Waals surface area contributed by atoms with Crippen molar-refractivity contribution in [3.8, 4) is 0 Å². The number of rotatable bonds is 8. The van der Waals surface area contributed by atoms with Gasteiger partial charge in [0.25, 0.3) is 0 Å². The Kier molecular flexibility index (Phi) is 8.11. The van der Waals surface area contributed by atoms with Gasteiger partial charge in [-0.25, -0.2) is 0 Å². The Labute approximate surface area is 103 Å². The predicted molar refractivity (Wildman–Crippen MR) is 69.1 cm³/mol. The van der Waals surface area contributed by atoms with E-state index in [1.807, 2.05) is 13.8 Å². The van der Waals surface area contributed by atoms with Crippen molar-refractivity contribution in [3.63, 3.8) is 0 Å². The molecule has 0 spiro atoms. The van der Waals surface area contributed by atoms with Crippen LogP contribution in [0.3, 0.4) is 0 Å². The van der Waals surface area contributed by atoms with E-state index in [0.29, 0.717) is 25.9 Å². The Morgan fingerprint density at radius 2 is 2.12 bits per heavy atom. The standard InChI is InChI=1S/C11H22N2O2S/c1-3-6-9(10(12)16)11(15)13(4-2)7-5-8-14/h9,14H,3-8H2,1-2H3,(H2,12,16). The molecule has 0 aliphatic carbocycles. The number of thiocarbonyl (C=S) groups is 1. The molecule has 1 amide bonds. The number of nitrogens with two attached hydrogens (primary N) is 1. The van der Waals surface area contributed by atoms with Gasteiger partial charge in [0.1, 0.15) is 0 Å². The Balaban J connectivity index is 4.48. The first kappa shape index (κ1) is 15.3. The molecule has 0 rings (SSSR count). The summed E-state index contributed by atoms with van der Waals surface area (Å²) in [6, 6.07) is 0. The van der Waals surface area contributed by atoms with E-state index in [9.17, 15) is 4.79 Å². The summed E-state index contributed by atoms with van der Waals surface area (Å²) in [7, 11) is 0. The highest BCUT2D eigenvalue weighted by molar-refractivity contribution is 7.80. The minimum absolute atomic E-state index is 0.00898. The molecule has 5 heteroatoms. The van der Waals surface area contributed by atoms with Crippen LogP contribution in [0.4, 0.5) is 0 Å². The molecule has 0 aliphatic heterocycles. The summed E-state index contributed by atoms with van der Waals surface area (Å²) in [6.07, 6.45) is 2.17. The van der Waals surface area contributed by atoms with Gasteiger partial charge in [-0.2, -0.15) is 0 Å². The fourth-order valence-corrected chi connectivity index (χ4v) is 1.80. The second-order valence-electron chi connectivity index (χ2n) is 3.74. The van der Waals surface area contributed by atoms with Gasteiger partial charge in [-0.05, 0) is 19.8 Å². The third kappa shape index (κ3) is 4.90. The lowest BCUT2D eigenvalue weighted by Crippen LogP contribution is -2.41. The topological polar surface area (TPSA) is 66.6 Å². The van der Waals surface area contributed by atoms with Crippen LogP contribution in [0.15, 0.2) is 0 Å². The van der Waals surface area contributed by atoms with E-state index < -0.39 is 0 Å². The molecule has 0 aromatic rings. The van der Waals surface area contributed by atoms with E-state index in [4.69, 9.17) is 23.1 Å². The molecule has 94 valence electrons. The summed E-state index contributed by atoms with van der Waals surface area (Å²) in [4.78, 5) is 14.1. The van der Waals surface area contributed by atoms with Crippen LogP contribution in [-0.4, -0.2) is 40.6 Å². The molecule has 0 saturated heterocycles. The van der Waals surface area contributed by atoms with Crippen molar-refractivity contribution < 1.29 is 9.90 Å². The zero-order chi connectivity index (χ0) is 12.6. The molecular weight excluding hydrogens is 224 g/mol. The third-order valence-corrected chi connectivity index (χ3v) is 2.78. The van der Waals surface area contributed by atoms with E-state index in [0.717, 1.165) is 6.42 Å². The molecule has 1 unspecified atom stereocenters. The van der Waals surface area contributed by atoms with Gasteiger partial charge in [0.05, 0.1) is 10.9 Å². The first-order valence-corrected chi connectivity index (χ1v) is 6.18. The van der Waals surface area contributed by atoms with Gasteiger partial charge in [-0.3, -0.25) is 4.79 Å². The van der Waals surface area contributed by atoms with Gasteiger partial charge in [-0.1, -0.05) is 25.6 Å². The minimum atomic E-state index is -0.348. The van der Waals surface area contributed by atoms with E-state index in [-0.39, 0.29) is 23.4 Å². The molecule has 0 aromatic carbocycles. The smallest absolute Gasteiger partial charge is 0.232 e. The maximum absolute atomic E-state index is 12.1. The highest BCUT2D eigenvalue weighted by Gasteiger charge is 2.24. The molecule has 0 radical (unpaired) electrons. The fraction of sp³-hybridized carbons (Fsp3) is 0.818. The van der Waals surface area contributed by atoms with E-state index >= 15 is 0 Å². The number of carbonyl (C=O) groups excluding carboxylic acids is 1. The Morgan fingerprint density at radius 1 is 1.50 bits per heavy atom. The normalized spacial score (nSPS) is 12.2. The van der Waals surface area contributed by atoms with Crippen LogP contribution in [-0.2, 0) is 4.79 Å². The summed E-state index contributed by atoms with van der Waals surface area (Å²) in [6.45, 7) is 5.20. The van der Waals surface area contributed by atoms with Crippen molar-refractivity contribution in [2.75, 3.05) is 19.7 Å². The molecule has 3 N–H and O–H groups in total. The van der Waals surface area contributed by atoms with Crippen LogP contribution in [0.2, 0.25) is 0 Å². The lowest BCUT2D eigenvalue weighted by atomic mass is 10.0. The number of aliphatic hydroxyl groups is 1. The summed E-state index contributed by atoms with van der Waals surface area (Å²) in [5.41, 5.74) is 5.58. The Morgan fingerprint density at radius 3 is 2.50 bits per heavy atom. The number of hydrogen-bond acceptors (Lipinski definition) is 3. The Hall–Kier alpha value is -0.680. The lowest BCUT2D eigenvalue weighted by molar-refractivity contribution is -0.133. The summed E-state index contributed by atoms with van der Waals surface area (Å²) >= 11 is 4.92. The zero-order valence-corrected chi connectivity index (χ0v) is 10.9. The van der Waals surface area contributed by atoms with E-state index in [1.54, 1.807) is 4.90 Å². The van der Waals surface area contributed by atoms with Gasteiger partial charge >= 0.3 is 0 Å². The van der Waals surface area contributed by atoms with Gasteiger partial charge < -0.3 is 15.7 Å². The summed E-state index contributed by atoms with van der Waals surface area (Å²) < 4.78 is 0.